The van der Waals surface area contributed by atoms with Gasteiger partial charge in [0.15, 0.2) is 0 Å². The molecule has 0 aromatic heterocycles. The number of nitrogens with one attached hydrogen (secondary N) is 1. The van der Waals surface area contributed by atoms with Crippen LogP contribution in [0, 0.1) is 5.41 Å². The molecule has 2 fully saturated rings. The van der Waals surface area contributed by atoms with Crippen molar-refractivity contribution in [2.45, 2.75) is 25.8 Å². The fraction of sp³-hybridized carbons (Fsp3) is 0.533. The highest BCUT2D eigenvalue weighted by atomic mass is 35.5. The highest BCUT2D eigenvalue weighted by Gasteiger charge is 2.43. The third-order valence-electron chi connectivity index (χ3n) is 4.33. The third-order valence-corrected chi connectivity index (χ3v) is 4.57. The topological polar surface area (TPSA) is 32.3 Å². The van der Waals surface area contributed by atoms with Crippen molar-refractivity contribution in [2.24, 2.45) is 5.41 Å². The second-order valence-corrected chi connectivity index (χ2v) is 6.24. The lowest BCUT2D eigenvalue weighted by Crippen LogP contribution is -2.38. The third kappa shape index (κ3) is 2.77. The highest BCUT2D eigenvalue weighted by molar-refractivity contribution is 6.30. The molecule has 3 rings (SSSR count). The first kappa shape index (κ1) is 12.9. The van der Waals surface area contributed by atoms with Crippen LogP contribution in [0.1, 0.15) is 24.8 Å². The molecule has 0 saturated carbocycles. The van der Waals surface area contributed by atoms with Gasteiger partial charge in [0.2, 0.25) is 5.91 Å². The monoisotopic (exact) mass is 278 g/mol. The number of carbonyl (C=O) groups excluding carboxylic acids is 1. The Morgan fingerprint density at radius 1 is 1.32 bits per heavy atom. The number of hydrogen-bond acceptors (Lipinski definition) is 2. The van der Waals surface area contributed by atoms with Crippen molar-refractivity contribution in [3.63, 3.8) is 0 Å². The van der Waals surface area contributed by atoms with E-state index in [1.54, 1.807) is 0 Å². The standard InChI is InChI=1S/C15H19ClN2O/c16-13-3-1-2-12(8-13)10-18-11-15(9-14(18)19)4-6-17-7-5-15/h1-3,8,17H,4-7,9-11H2. The van der Waals surface area contributed by atoms with Crippen molar-refractivity contribution < 1.29 is 4.79 Å². The zero-order valence-corrected chi connectivity index (χ0v) is 11.7. The summed E-state index contributed by atoms with van der Waals surface area (Å²) in [5.74, 6) is 0.293. The van der Waals surface area contributed by atoms with E-state index in [1.807, 2.05) is 29.2 Å². The maximum Gasteiger partial charge on any atom is 0.223 e. The maximum absolute atomic E-state index is 12.2. The fourth-order valence-corrected chi connectivity index (χ4v) is 3.49. The number of amides is 1. The molecule has 102 valence electrons. The summed E-state index contributed by atoms with van der Waals surface area (Å²) < 4.78 is 0. The van der Waals surface area contributed by atoms with E-state index >= 15 is 0 Å². The average molecular weight is 279 g/mol. The Balaban J connectivity index is 1.70. The van der Waals surface area contributed by atoms with Crippen molar-refractivity contribution in [3.8, 4) is 0 Å². The summed E-state index contributed by atoms with van der Waals surface area (Å²) in [5, 5.41) is 4.11. The lowest BCUT2D eigenvalue weighted by Gasteiger charge is -2.33. The number of hydrogen-bond donors (Lipinski definition) is 1. The number of likely N-dealkylation sites (tertiary alicyclic amines) is 1. The van der Waals surface area contributed by atoms with Gasteiger partial charge in [0.1, 0.15) is 0 Å². The number of carbonyl (C=O) groups is 1. The van der Waals surface area contributed by atoms with E-state index < -0.39 is 0 Å². The maximum atomic E-state index is 12.2. The second-order valence-electron chi connectivity index (χ2n) is 5.81. The van der Waals surface area contributed by atoms with E-state index in [2.05, 4.69) is 5.32 Å². The van der Waals surface area contributed by atoms with Crippen molar-refractivity contribution in [3.05, 3.63) is 34.9 Å². The number of benzene rings is 1. The molecule has 0 unspecified atom stereocenters. The van der Waals surface area contributed by atoms with Crippen LogP contribution in [0.4, 0.5) is 0 Å². The highest BCUT2D eigenvalue weighted by Crippen LogP contribution is 2.39. The molecule has 2 aliphatic heterocycles. The van der Waals surface area contributed by atoms with Gasteiger partial charge in [-0.3, -0.25) is 4.79 Å². The first-order valence-electron chi connectivity index (χ1n) is 6.90. The Labute approximate surface area is 118 Å². The van der Waals surface area contributed by atoms with Gasteiger partial charge in [-0.25, -0.2) is 0 Å². The van der Waals surface area contributed by atoms with Gasteiger partial charge in [-0.05, 0) is 49.0 Å². The van der Waals surface area contributed by atoms with Crippen LogP contribution in [-0.2, 0) is 11.3 Å². The van der Waals surface area contributed by atoms with Gasteiger partial charge in [-0.1, -0.05) is 23.7 Å². The fourth-order valence-electron chi connectivity index (χ4n) is 3.27. The minimum Gasteiger partial charge on any atom is -0.338 e. The molecule has 2 aliphatic rings. The average Bonchev–Trinajstić information content (AvgIpc) is 2.66. The van der Waals surface area contributed by atoms with Gasteiger partial charge in [0.05, 0.1) is 0 Å². The number of piperidine rings is 1. The Morgan fingerprint density at radius 2 is 2.11 bits per heavy atom. The minimum absolute atomic E-state index is 0.223. The number of halogens is 1. The van der Waals surface area contributed by atoms with Gasteiger partial charge in [-0.15, -0.1) is 0 Å². The summed E-state index contributed by atoms with van der Waals surface area (Å²) in [6.45, 7) is 3.67. The summed E-state index contributed by atoms with van der Waals surface area (Å²) >= 11 is 6.00. The molecule has 4 heteroatoms. The molecule has 1 spiro atoms. The van der Waals surface area contributed by atoms with Crippen molar-refractivity contribution in [2.75, 3.05) is 19.6 Å². The van der Waals surface area contributed by atoms with Crippen LogP contribution >= 0.6 is 11.6 Å². The van der Waals surface area contributed by atoms with Gasteiger partial charge in [0.25, 0.3) is 0 Å². The Bertz CT molecular complexity index is 483. The Hall–Kier alpha value is -1.06. The largest absolute Gasteiger partial charge is 0.338 e. The van der Waals surface area contributed by atoms with Crippen LogP contribution in [-0.4, -0.2) is 30.4 Å². The molecule has 19 heavy (non-hydrogen) atoms. The quantitative estimate of drug-likeness (QED) is 0.901. The predicted octanol–water partition coefficient (Wildman–Crippen LogP) is 2.44. The molecule has 2 heterocycles. The summed E-state index contributed by atoms with van der Waals surface area (Å²) in [4.78, 5) is 14.2. The molecule has 1 aromatic rings. The van der Waals surface area contributed by atoms with Gasteiger partial charge < -0.3 is 10.2 Å². The van der Waals surface area contributed by atoms with E-state index in [1.165, 1.54) is 0 Å². The minimum atomic E-state index is 0.223. The zero-order chi connectivity index (χ0) is 13.3. The van der Waals surface area contributed by atoms with Gasteiger partial charge in [0, 0.05) is 24.5 Å². The lowest BCUT2D eigenvalue weighted by molar-refractivity contribution is -0.128. The van der Waals surface area contributed by atoms with Crippen LogP contribution < -0.4 is 5.32 Å². The lowest BCUT2D eigenvalue weighted by atomic mass is 9.78. The first-order valence-corrected chi connectivity index (χ1v) is 7.28. The first-order chi connectivity index (χ1) is 9.17. The van der Waals surface area contributed by atoms with E-state index in [-0.39, 0.29) is 5.41 Å². The van der Waals surface area contributed by atoms with Crippen LogP contribution in [0.25, 0.3) is 0 Å². The zero-order valence-electron chi connectivity index (χ0n) is 11.0. The second kappa shape index (κ2) is 5.14. The Morgan fingerprint density at radius 3 is 2.84 bits per heavy atom. The van der Waals surface area contributed by atoms with E-state index in [9.17, 15) is 4.79 Å². The molecular formula is C15H19ClN2O. The summed E-state index contributed by atoms with van der Waals surface area (Å²) in [6.07, 6.45) is 2.95. The predicted molar refractivity (Wildman–Crippen MR) is 76.0 cm³/mol. The molecule has 1 amide bonds. The molecule has 3 nitrogen and oxygen atoms in total. The van der Waals surface area contributed by atoms with E-state index in [4.69, 9.17) is 11.6 Å². The van der Waals surface area contributed by atoms with Crippen LogP contribution in [0.3, 0.4) is 0 Å². The number of nitrogens with zero attached hydrogens (tertiary/aromatic N) is 1. The summed E-state index contributed by atoms with van der Waals surface area (Å²) in [5.41, 5.74) is 1.34. The van der Waals surface area contributed by atoms with Gasteiger partial charge in [-0.2, -0.15) is 0 Å². The van der Waals surface area contributed by atoms with Crippen LogP contribution in [0.2, 0.25) is 5.02 Å². The van der Waals surface area contributed by atoms with Gasteiger partial charge >= 0.3 is 0 Å². The van der Waals surface area contributed by atoms with Crippen molar-refractivity contribution in [1.82, 2.24) is 10.2 Å². The smallest absolute Gasteiger partial charge is 0.223 e. The summed E-state index contributed by atoms with van der Waals surface area (Å²) in [7, 11) is 0. The van der Waals surface area contributed by atoms with Crippen LogP contribution in [0.15, 0.2) is 24.3 Å². The normalized spacial score (nSPS) is 22.2. The molecule has 0 atom stereocenters. The molecular weight excluding hydrogens is 260 g/mol. The SMILES string of the molecule is O=C1CC2(CCNCC2)CN1Cc1cccc(Cl)c1. The van der Waals surface area contributed by atoms with E-state index in [0.29, 0.717) is 12.5 Å². The number of rotatable bonds is 2. The van der Waals surface area contributed by atoms with Crippen molar-refractivity contribution in [1.29, 1.82) is 0 Å². The molecule has 0 radical (unpaired) electrons. The molecule has 1 aromatic carbocycles. The summed E-state index contributed by atoms with van der Waals surface area (Å²) in [6, 6.07) is 7.79. The van der Waals surface area contributed by atoms with Crippen LogP contribution in [0.5, 0.6) is 0 Å². The molecule has 1 N–H and O–H groups in total. The van der Waals surface area contributed by atoms with Crippen molar-refractivity contribution >= 4 is 17.5 Å². The molecule has 0 aliphatic carbocycles. The Kier molecular flexibility index (Phi) is 3.50. The van der Waals surface area contributed by atoms with E-state index in [0.717, 1.165) is 49.5 Å². The molecule has 2 saturated heterocycles. The molecule has 0 bridgehead atoms.